The van der Waals surface area contributed by atoms with Crippen molar-refractivity contribution in [3.63, 3.8) is 0 Å². The number of hydrogen-bond donors (Lipinski definition) is 2. The number of ether oxygens (including phenoxy) is 1. The first-order chi connectivity index (χ1) is 15.6. The van der Waals surface area contributed by atoms with Crippen LogP contribution in [-0.4, -0.2) is 55.6 Å². The highest BCUT2D eigenvalue weighted by atomic mass is 16.5. The number of benzene rings is 2. The van der Waals surface area contributed by atoms with Gasteiger partial charge in [0.2, 0.25) is 5.91 Å². The van der Waals surface area contributed by atoms with Gasteiger partial charge in [-0.3, -0.25) is 19.8 Å². The molecule has 2 aromatic carbocycles. The van der Waals surface area contributed by atoms with Crippen LogP contribution in [0.3, 0.4) is 0 Å². The zero-order valence-electron chi connectivity index (χ0n) is 19.5. The van der Waals surface area contributed by atoms with Crippen molar-refractivity contribution in [1.82, 2.24) is 10.2 Å². The van der Waals surface area contributed by atoms with Crippen LogP contribution >= 0.6 is 0 Å². The first-order valence-corrected chi connectivity index (χ1v) is 10.9. The maximum Gasteiger partial charge on any atom is 0.254 e. The summed E-state index contributed by atoms with van der Waals surface area (Å²) in [7, 11) is 3.29. The largest absolute Gasteiger partial charge is 0.493 e. The van der Waals surface area contributed by atoms with Crippen molar-refractivity contribution in [3.8, 4) is 5.75 Å². The van der Waals surface area contributed by atoms with E-state index in [1.54, 1.807) is 48.2 Å². The Morgan fingerprint density at radius 1 is 1.21 bits per heavy atom. The summed E-state index contributed by atoms with van der Waals surface area (Å²) in [6, 6.07) is 8.77. The molecule has 0 saturated heterocycles. The molecule has 0 radical (unpaired) electrons. The summed E-state index contributed by atoms with van der Waals surface area (Å²) >= 11 is 0. The molecular formula is C25H28N4O4. The van der Waals surface area contributed by atoms with E-state index in [9.17, 15) is 14.4 Å². The Morgan fingerprint density at radius 3 is 2.61 bits per heavy atom. The van der Waals surface area contributed by atoms with Crippen LogP contribution in [0.2, 0.25) is 0 Å². The zero-order valence-corrected chi connectivity index (χ0v) is 19.5. The van der Waals surface area contributed by atoms with Gasteiger partial charge in [0, 0.05) is 37.5 Å². The van der Waals surface area contributed by atoms with Gasteiger partial charge in [-0.1, -0.05) is 0 Å². The maximum atomic E-state index is 13.1. The van der Waals surface area contributed by atoms with Crippen LogP contribution in [0.15, 0.2) is 30.3 Å². The molecule has 0 bridgehead atoms. The summed E-state index contributed by atoms with van der Waals surface area (Å²) < 4.78 is 5.64. The van der Waals surface area contributed by atoms with Gasteiger partial charge in [0.25, 0.3) is 5.91 Å². The van der Waals surface area contributed by atoms with E-state index in [0.29, 0.717) is 35.6 Å². The lowest BCUT2D eigenvalue weighted by Gasteiger charge is -2.18. The Kier molecular flexibility index (Phi) is 5.47. The van der Waals surface area contributed by atoms with Gasteiger partial charge in [0.15, 0.2) is 5.78 Å². The molecule has 0 atom stereocenters. The number of anilines is 1. The number of carbonyl (C=O) groups excluding carboxylic acids is 3. The third-order valence-electron chi connectivity index (χ3n) is 6.44. The number of nitrogens with one attached hydrogen (secondary N) is 2. The first kappa shape index (κ1) is 22.5. The fourth-order valence-electron chi connectivity index (χ4n) is 4.56. The normalized spacial score (nSPS) is 16.0. The lowest BCUT2D eigenvalue weighted by atomic mass is 9.85. The van der Waals surface area contributed by atoms with Crippen molar-refractivity contribution in [1.29, 1.82) is 5.41 Å². The molecule has 0 aromatic heterocycles. The molecule has 33 heavy (non-hydrogen) atoms. The topological polar surface area (TPSA) is 103 Å². The van der Waals surface area contributed by atoms with E-state index in [4.69, 9.17) is 10.1 Å². The van der Waals surface area contributed by atoms with Gasteiger partial charge in [0.05, 0.1) is 24.1 Å². The molecule has 0 saturated carbocycles. The van der Waals surface area contributed by atoms with Crippen molar-refractivity contribution in [2.75, 3.05) is 32.1 Å². The minimum Gasteiger partial charge on any atom is -0.493 e. The number of hydrogen-bond acceptors (Lipinski definition) is 5. The summed E-state index contributed by atoms with van der Waals surface area (Å²) in [5.74, 6) is 0.235. The molecule has 8 heteroatoms. The van der Waals surface area contributed by atoms with Gasteiger partial charge in [-0.25, -0.2) is 0 Å². The van der Waals surface area contributed by atoms with Gasteiger partial charge in [0.1, 0.15) is 11.6 Å². The Bertz CT molecular complexity index is 1200. The van der Waals surface area contributed by atoms with Crippen molar-refractivity contribution >= 4 is 29.1 Å². The Morgan fingerprint density at radius 2 is 1.94 bits per heavy atom. The number of likely N-dealkylation sites (N-methyl/N-ethyl adjacent to an activating group) is 1. The molecule has 2 aromatic rings. The Labute approximate surface area is 193 Å². The van der Waals surface area contributed by atoms with Gasteiger partial charge in [-0.2, -0.15) is 0 Å². The van der Waals surface area contributed by atoms with Crippen LogP contribution in [0.4, 0.5) is 5.69 Å². The van der Waals surface area contributed by atoms with Crippen molar-refractivity contribution in [2.45, 2.75) is 32.7 Å². The van der Waals surface area contributed by atoms with Crippen molar-refractivity contribution in [2.24, 2.45) is 0 Å². The highest BCUT2D eigenvalue weighted by molar-refractivity contribution is 6.10. The van der Waals surface area contributed by atoms with E-state index in [1.807, 2.05) is 26.8 Å². The molecule has 0 aliphatic carbocycles. The summed E-state index contributed by atoms with van der Waals surface area (Å²) in [6.45, 7) is 6.38. The van der Waals surface area contributed by atoms with Crippen molar-refractivity contribution in [3.05, 3.63) is 58.1 Å². The molecule has 172 valence electrons. The number of carbonyl (C=O) groups is 3. The quantitative estimate of drug-likeness (QED) is 0.662. The standard InChI is InChI=1S/C25H28N4O4/c1-6-33-21-10-15-12-29(22(26)16(15)11-17(21)23(31)27-4)13-20(30)14-7-8-19-18(9-14)25(2,3)24(32)28(19)5/h7-11,26H,6,12-13H2,1-5H3,(H,27,31). The third kappa shape index (κ3) is 3.55. The van der Waals surface area contributed by atoms with Crippen LogP contribution in [-0.2, 0) is 16.8 Å². The predicted octanol–water partition coefficient (Wildman–Crippen LogP) is 2.72. The van der Waals surface area contributed by atoms with Crippen LogP contribution in [0.5, 0.6) is 5.75 Å². The molecular weight excluding hydrogens is 420 g/mol. The molecule has 0 spiro atoms. The summed E-state index contributed by atoms with van der Waals surface area (Å²) in [5, 5.41) is 11.2. The van der Waals surface area contributed by atoms with Gasteiger partial charge >= 0.3 is 0 Å². The van der Waals surface area contributed by atoms with Crippen LogP contribution in [0.1, 0.15) is 58.2 Å². The van der Waals surface area contributed by atoms with E-state index < -0.39 is 5.41 Å². The molecule has 4 rings (SSSR count). The molecule has 8 nitrogen and oxygen atoms in total. The van der Waals surface area contributed by atoms with Gasteiger partial charge in [-0.15, -0.1) is 0 Å². The Balaban J connectivity index is 1.59. The highest BCUT2D eigenvalue weighted by Crippen LogP contribution is 2.41. The maximum absolute atomic E-state index is 13.1. The van der Waals surface area contributed by atoms with E-state index in [-0.39, 0.29) is 30.0 Å². The number of amides is 2. The van der Waals surface area contributed by atoms with Crippen LogP contribution < -0.4 is 15.0 Å². The molecule has 2 aliphatic heterocycles. The van der Waals surface area contributed by atoms with E-state index >= 15 is 0 Å². The summed E-state index contributed by atoms with van der Waals surface area (Å²) in [4.78, 5) is 41.3. The smallest absolute Gasteiger partial charge is 0.254 e. The molecule has 0 unspecified atom stereocenters. The fraction of sp³-hybridized carbons (Fsp3) is 0.360. The van der Waals surface area contributed by atoms with E-state index in [1.165, 1.54) is 0 Å². The second kappa shape index (κ2) is 8.03. The number of amidine groups is 1. The average molecular weight is 449 g/mol. The minimum atomic E-state index is -0.692. The highest BCUT2D eigenvalue weighted by Gasteiger charge is 2.42. The van der Waals surface area contributed by atoms with Crippen molar-refractivity contribution < 1.29 is 19.1 Å². The number of ketones is 1. The lowest BCUT2D eigenvalue weighted by molar-refractivity contribution is -0.121. The average Bonchev–Trinajstić information content (AvgIpc) is 3.18. The second-order valence-corrected chi connectivity index (χ2v) is 8.87. The summed E-state index contributed by atoms with van der Waals surface area (Å²) in [5.41, 5.74) is 3.28. The van der Waals surface area contributed by atoms with E-state index in [2.05, 4.69) is 5.32 Å². The molecule has 2 N–H and O–H groups in total. The van der Waals surface area contributed by atoms with Gasteiger partial charge < -0.3 is 19.9 Å². The SMILES string of the molecule is CCOc1cc2c(cc1C(=O)NC)C(=N)N(CC(=O)c1ccc3c(c1)C(C)(C)C(=O)N3C)C2. The number of nitrogens with zero attached hydrogens (tertiary/aromatic N) is 2. The molecule has 2 amide bonds. The number of fused-ring (bicyclic) bond motifs is 2. The first-order valence-electron chi connectivity index (χ1n) is 10.9. The minimum absolute atomic E-state index is 0.00380. The van der Waals surface area contributed by atoms with Crippen LogP contribution in [0.25, 0.3) is 0 Å². The lowest BCUT2D eigenvalue weighted by Crippen LogP contribution is -2.33. The van der Waals surface area contributed by atoms with E-state index in [0.717, 1.165) is 16.8 Å². The monoisotopic (exact) mass is 448 g/mol. The second-order valence-electron chi connectivity index (χ2n) is 8.87. The fourth-order valence-corrected chi connectivity index (χ4v) is 4.56. The predicted molar refractivity (Wildman–Crippen MR) is 125 cm³/mol. The third-order valence-corrected chi connectivity index (χ3v) is 6.44. The number of rotatable bonds is 6. The van der Waals surface area contributed by atoms with Gasteiger partial charge in [-0.05, 0) is 62.2 Å². The molecule has 0 fully saturated rings. The zero-order chi connectivity index (χ0) is 24.1. The number of Topliss-reactive ketones (excluding diaryl/α,β-unsaturated/α-hetero) is 1. The molecule has 2 heterocycles. The molecule has 2 aliphatic rings. The van der Waals surface area contributed by atoms with Crippen LogP contribution in [0, 0.1) is 5.41 Å². The summed E-state index contributed by atoms with van der Waals surface area (Å²) in [6.07, 6.45) is 0. The Hall–Kier alpha value is -3.68.